The van der Waals surface area contributed by atoms with Gasteiger partial charge in [0.1, 0.15) is 0 Å². The van der Waals surface area contributed by atoms with E-state index < -0.39 is 5.82 Å². The summed E-state index contributed by atoms with van der Waals surface area (Å²) >= 11 is 0. The van der Waals surface area contributed by atoms with Crippen LogP contribution in [0.3, 0.4) is 0 Å². The van der Waals surface area contributed by atoms with Crippen molar-refractivity contribution in [1.82, 2.24) is 30.3 Å². The fourth-order valence-electron chi connectivity index (χ4n) is 3.88. The molecule has 0 radical (unpaired) electrons. The topological polar surface area (TPSA) is 75.1 Å². The summed E-state index contributed by atoms with van der Waals surface area (Å²) in [6.45, 7) is 5.19. The van der Waals surface area contributed by atoms with Crippen molar-refractivity contribution in [1.29, 1.82) is 0 Å². The molecule has 0 unspecified atom stereocenters. The van der Waals surface area contributed by atoms with E-state index in [1.165, 1.54) is 10.9 Å². The van der Waals surface area contributed by atoms with E-state index in [1.807, 2.05) is 12.1 Å². The predicted octanol–water partition coefficient (Wildman–Crippen LogP) is 1.02. The molecule has 2 N–H and O–H groups in total. The number of carbonyl (C=O) groups excluding carboxylic acids is 1. The van der Waals surface area contributed by atoms with Crippen molar-refractivity contribution in [3.05, 3.63) is 42.1 Å². The van der Waals surface area contributed by atoms with E-state index in [2.05, 4.69) is 32.5 Å². The van der Waals surface area contributed by atoms with Gasteiger partial charge in [-0.05, 0) is 44.5 Å². The van der Waals surface area contributed by atoms with Crippen LogP contribution in [0.15, 0.2) is 30.7 Å². The number of hydrogen-bond acceptors (Lipinski definition) is 5. The van der Waals surface area contributed by atoms with Gasteiger partial charge in [0.25, 0.3) is 0 Å². The number of nitrogens with zero attached hydrogens (tertiary/aromatic N) is 4. The van der Waals surface area contributed by atoms with Gasteiger partial charge in [0.05, 0.1) is 24.5 Å². The highest BCUT2D eigenvalue weighted by molar-refractivity contribution is 5.80. The van der Waals surface area contributed by atoms with Crippen LogP contribution < -0.4 is 10.6 Å². The van der Waals surface area contributed by atoms with Gasteiger partial charge in [0, 0.05) is 18.8 Å². The first kappa shape index (κ1) is 17.1. The second-order valence-electron chi connectivity index (χ2n) is 7.21. The van der Waals surface area contributed by atoms with Crippen molar-refractivity contribution < 1.29 is 9.18 Å². The first-order valence-corrected chi connectivity index (χ1v) is 8.97. The van der Waals surface area contributed by atoms with Gasteiger partial charge < -0.3 is 10.6 Å². The van der Waals surface area contributed by atoms with Gasteiger partial charge in [0.2, 0.25) is 5.91 Å². The molecule has 2 fully saturated rings. The summed E-state index contributed by atoms with van der Waals surface area (Å²) in [6, 6.07) is 3.86. The number of piperazine rings is 1. The summed E-state index contributed by atoms with van der Waals surface area (Å²) in [4.78, 5) is 18.9. The molecule has 26 heavy (non-hydrogen) atoms. The van der Waals surface area contributed by atoms with E-state index >= 15 is 0 Å². The van der Waals surface area contributed by atoms with Crippen LogP contribution in [0, 0.1) is 5.82 Å². The molecule has 0 bridgehead atoms. The van der Waals surface area contributed by atoms with E-state index in [9.17, 15) is 9.18 Å². The molecule has 4 rings (SSSR count). The highest BCUT2D eigenvalue weighted by atomic mass is 19.1. The molecule has 2 aliphatic rings. The van der Waals surface area contributed by atoms with Crippen molar-refractivity contribution in [3.63, 3.8) is 0 Å². The highest BCUT2D eigenvalue weighted by Gasteiger charge is 2.40. The van der Waals surface area contributed by atoms with Crippen molar-refractivity contribution in [2.24, 2.45) is 0 Å². The number of piperidine rings is 1. The van der Waals surface area contributed by atoms with Crippen LogP contribution in [-0.4, -0.2) is 57.3 Å². The van der Waals surface area contributed by atoms with Crippen molar-refractivity contribution >= 4 is 5.91 Å². The Morgan fingerprint density at radius 2 is 2.08 bits per heavy atom. The maximum absolute atomic E-state index is 13.1. The minimum Gasteiger partial charge on any atom is -0.348 e. The zero-order valence-electron chi connectivity index (χ0n) is 14.8. The first-order chi connectivity index (χ1) is 12.5. The standard InChI is InChI=1S/C18H23FN6O/c1-13(14-2-3-16(21-8-14)25-10-15(19)9-22-25)24-11-17(26)23-18(12-24)4-6-20-7-5-18/h2-3,8-10,13,20H,4-7,11-12H2,1H3,(H,23,26)/t13-/m0/s1. The average Bonchev–Trinajstić information content (AvgIpc) is 3.07. The molecule has 2 saturated heterocycles. The predicted molar refractivity (Wildman–Crippen MR) is 94.3 cm³/mol. The number of hydrogen-bond donors (Lipinski definition) is 2. The lowest BCUT2D eigenvalue weighted by Gasteiger charge is -2.47. The Morgan fingerprint density at radius 3 is 2.73 bits per heavy atom. The zero-order chi connectivity index (χ0) is 18.1. The smallest absolute Gasteiger partial charge is 0.234 e. The molecule has 4 heterocycles. The van der Waals surface area contributed by atoms with E-state index in [0.717, 1.165) is 44.2 Å². The molecule has 8 heteroatoms. The van der Waals surface area contributed by atoms with Gasteiger partial charge >= 0.3 is 0 Å². The lowest BCUT2D eigenvalue weighted by molar-refractivity contribution is -0.129. The minimum atomic E-state index is -0.393. The van der Waals surface area contributed by atoms with Gasteiger partial charge in [0.15, 0.2) is 11.6 Å². The SMILES string of the molecule is C[C@@H](c1ccc(-n2cc(F)cn2)nc1)N1CC(=O)NC2(CCNCC2)C1. The van der Waals surface area contributed by atoms with Crippen LogP contribution in [0.2, 0.25) is 0 Å². The molecule has 1 amide bonds. The second-order valence-corrected chi connectivity index (χ2v) is 7.21. The van der Waals surface area contributed by atoms with Crippen molar-refractivity contribution in [2.75, 3.05) is 26.2 Å². The van der Waals surface area contributed by atoms with Crippen LogP contribution in [0.5, 0.6) is 0 Å². The van der Waals surface area contributed by atoms with Crippen LogP contribution in [-0.2, 0) is 4.79 Å². The Morgan fingerprint density at radius 1 is 1.27 bits per heavy atom. The molecular formula is C18H23FN6O. The lowest BCUT2D eigenvalue weighted by atomic mass is 9.85. The van der Waals surface area contributed by atoms with Crippen LogP contribution >= 0.6 is 0 Å². The van der Waals surface area contributed by atoms with E-state index in [-0.39, 0.29) is 17.5 Å². The van der Waals surface area contributed by atoms with Crippen LogP contribution in [0.1, 0.15) is 31.4 Å². The number of amides is 1. The third-order valence-electron chi connectivity index (χ3n) is 5.40. The summed E-state index contributed by atoms with van der Waals surface area (Å²) in [7, 11) is 0. The Balaban J connectivity index is 1.51. The van der Waals surface area contributed by atoms with E-state index in [1.54, 1.807) is 6.20 Å². The molecule has 1 atom stereocenters. The van der Waals surface area contributed by atoms with Crippen molar-refractivity contribution in [3.8, 4) is 5.82 Å². The molecule has 7 nitrogen and oxygen atoms in total. The average molecular weight is 358 g/mol. The minimum absolute atomic E-state index is 0.0729. The van der Waals surface area contributed by atoms with E-state index in [0.29, 0.717) is 12.4 Å². The third kappa shape index (κ3) is 3.34. The summed E-state index contributed by atoms with van der Waals surface area (Å²) in [5, 5.41) is 10.5. The first-order valence-electron chi connectivity index (χ1n) is 8.97. The van der Waals surface area contributed by atoms with Crippen molar-refractivity contribution in [2.45, 2.75) is 31.3 Å². The fraction of sp³-hybridized carbons (Fsp3) is 0.500. The lowest BCUT2D eigenvalue weighted by Crippen LogP contribution is -2.66. The Kier molecular flexibility index (Phi) is 4.46. The van der Waals surface area contributed by atoms with Crippen LogP contribution in [0.25, 0.3) is 5.82 Å². The molecule has 0 aromatic carbocycles. The van der Waals surface area contributed by atoms with Gasteiger partial charge in [-0.15, -0.1) is 0 Å². The number of pyridine rings is 1. The molecular weight excluding hydrogens is 335 g/mol. The molecule has 2 aromatic rings. The molecule has 0 saturated carbocycles. The quantitative estimate of drug-likeness (QED) is 0.857. The monoisotopic (exact) mass is 358 g/mol. The summed E-state index contributed by atoms with van der Waals surface area (Å²) in [5.41, 5.74) is 0.898. The third-order valence-corrected chi connectivity index (χ3v) is 5.40. The Labute approximate surface area is 151 Å². The van der Waals surface area contributed by atoms with Gasteiger partial charge in [-0.2, -0.15) is 5.10 Å². The summed E-state index contributed by atoms with van der Waals surface area (Å²) < 4.78 is 14.5. The van der Waals surface area contributed by atoms with Gasteiger partial charge in [-0.25, -0.2) is 14.1 Å². The molecule has 138 valence electrons. The van der Waals surface area contributed by atoms with E-state index in [4.69, 9.17) is 0 Å². The largest absolute Gasteiger partial charge is 0.348 e. The van der Waals surface area contributed by atoms with Gasteiger partial charge in [-0.3, -0.25) is 9.69 Å². The Bertz CT molecular complexity index is 783. The number of nitrogens with one attached hydrogen (secondary N) is 2. The second kappa shape index (κ2) is 6.77. The molecule has 2 aromatic heterocycles. The Hall–Kier alpha value is -2.32. The maximum atomic E-state index is 13.1. The number of aromatic nitrogens is 3. The zero-order valence-corrected chi connectivity index (χ0v) is 14.8. The number of carbonyl (C=O) groups is 1. The van der Waals surface area contributed by atoms with Gasteiger partial charge in [-0.1, -0.05) is 6.07 Å². The van der Waals surface area contributed by atoms with Crippen LogP contribution in [0.4, 0.5) is 4.39 Å². The molecule has 0 aliphatic carbocycles. The normalized spacial score (nSPS) is 21.5. The molecule has 1 spiro atoms. The highest BCUT2D eigenvalue weighted by Crippen LogP contribution is 2.29. The summed E-state index contributed by atoms with van der Waals surface area (Å²) in [5.74, 6) is 0.258. The maximum Gasteiger partial charge on any atom is 0.234 e. The fourth-order valence-corrected chi connectivity index (χ4v) is 3.88. The number of halogens is 1. The number of rotatable bonds is 3. The summed E-state index contributed by atoms with van der Waals surface area (Å²) in [6.07, 6.45) is 6.12. The molecule has 2 aliphatic heterocycles.